The van der Waals surface area contributed by atoms with E-state index in [1.165, 1.54) is 6.07 Å². The molecule has 1 heterocycles. The summed E-state index contributed by atoms with van der Waals surface area (Å²) in [6.45, 7) is 2.03. The lowest BCUT2D eigenvalue weighted by molar-refractivity contribution is 0.0526. The van der Waals surface area contributed by atoms with Crippen LogP contribution >= 0.6 is 0 Å². The van der Waals surface area contributed by atoms with Gasteiger partial charge in [-0.3, -0.25) is 0 Å². The molecule has 0 amide bonds. The first-order chi connectivity index (χ1) is 9.26. The third kappa shape index (κ3) is 2.75. The number of esters is 1. The van der Waals surface area contributed by atoms with Gasteiger partial charge in [-0.25, -0.2) is 14.8 Å². The highest BCUT2D eigenvalue weighted by Crippen LogP contribution is 2.21. The Kier molecular flexibility index (Phi) is 3.84. The summed E-state index contributed by atoms with van der Waals surface area (Å²) in [5, 5.41) is 9.16. The summed E-state index contributed by atoms with van der Waals surface area (Å²) in [5.41, 5.74) is 1.28. The normalized spacial score (nSPS) is 9.68. The van der Waals surface area contributed by atoms with Crippen molar-refractivity contribution in [3.63, 3.8) is 0 Å². The van der Waals surface area contributed by atoms with E-state index >= 15 is 0 Å². The van der Waals surface area contributed by atoms with Crippen molar-refractivity contribution < 1.29 is 9.53 Å². The van der Waals surface area contributed by atoms with Gasteiger partial charge in [-0.2, -0.15) is 5.26 Å². The van der Waals surface area contributed by atoms with E-state index in [1.54, 1.807) is 37.5 Å². The highest BCUT2D eigenvalue weighted by Gasteiger charge is 2.12. The molecule has 0 radical (unpaired) electrons. The summed E-state index contributed by atoms with van der Waals surface area (Å²) in [7, 11) is 0. The Morgan fingerprint density at radius 1 is 1.37 bits per heavy atom. The van der Waals surface area contributed by atoms with Gasteiger partial charge in [0, 0.05) is 18.0 Å². The van der Waals surface area contributed by atoms with Crippen LogP contribution in [0.15, 0.2) is 36.7 Å². The van der Waals surface area contributed by atoms with Crippen molar-refractivity contribution in [2.45, 2.75) is 6.92 Å². The van der Waals surface area contributed by atoms with Crippen LogP contribution in [0.4, 0.5) is 0 Å². The largest absolute Gasteiger partial charge is 0.462 e. The number of ether oxygens (including phenoxy) is 1. The highest BCUT2D eigenvalue weighted by molar-refractivity contribution is 5.90. The van der Waals surface area contributed by atoms with E-state index in [0.29, 0.717) is 29.1 Å². The molecule has 0 saturated heterocycles. The Labute approximate surface area is 110 Å². The molecule has 0 bridgehead atoms. The average Bonchev–Trinajstić information content (AvgIpc) is 2.47. The van der Waals surface area contributed by atoms with Crippen LogP contribution in [0.5, 0.6) is 0 Å². The lowest BCUT2D eigenvalue weighted by atomic mass is 10.0. The van der Waals surface area contributed by atoms with Crippen LogP contribution in [0.1, 0.15) is 22.8 Å². The maximum atomic E-state index is 11.6. The van der Waals surface area contributed by atoms with Gasteiger partial charge in [0.1, 0.15) is 0 Å². The summed E-state index contributed by atoms with van der Waals surface area (Å²) in [6, 6.07) is 8.49. The number of hydrogen-bond donors (Lipinski definition) is 0. The molecule has 0 spiro atoms. The first-order valence-electron chi connectivity index (χ1n) is 5.75. The molecule has 2 aromatic rings. The van der Waals surface area contributed by atoms with Crippen LogP contribution in [0.2, 0.25) is 0 Å². The summed E-state index contributed by atoms with van der Waals surface area (Å²) >= 11 is 0. The lowest BCUT2D eigenvalue weighted by Crippen LogP contribution is -2.05. The van der Waals surface area contributed by atoms with Crippen LogP contribution < -0.4 is 0 Å². The Bertz CT molecular complexity index is 633. The van der Waals surface area contributed by atoms with Crippen LogP contribution in [0.3, 0.4) is 0 Å². The first kappa shape index (κ1) is 12.7. The predicted octanol–water partition coefficient (Wildman–Crippen LogP) is 2.19. The Morgan fingerprint density at radius 3 is 2.74 bits per heavy atom. The van der Waals surface area contributed by atoms with Crippen molar-refractivity contribution in [2.24, 2.45) is 0 Å². The van der Waals surface area contributed by atoms with Crippen molar-refractivity contribution in [3.8, 4) is 17.5 Å². The summed E-state index contributed by atoms with van der Waals surface area (Å²) in [4.78, 5) is 19.8. The van der Waals surface area contributed by atoms with Crippen LogP contribution in [-0.4, -0.2) is 22.5 Å². The van der Waals surface area contributed by atoms with Crippen LogP contribution in [0.25, 0.3) is 11.4 Å². The fourth-order valence-electron chi connectivity index (χ4n) is 1.61. The molecule has 2 rings (SSSR count). The highest BCUT2D eigenvalue weighted by atomic mass is 16.5. The number of carbonyl (C=O) groups is 1. The van der Waals surface area contributed by atoms with E-state index in [0.717, 1.165) is 0 Å². The van der Waals surface area contributed by atoms with E-state index in [2.05, 4.69) is 9.97 Å². The fourth-order valence-corrected chi connectivity index (χ4v) is 1.61. The lowest BCUT2D eigenvalue weighted by Gasteiger charge is -2.05. The van der Waals surface area contributed by atoms with Gasteiger partial charge >= 0.3 is 5.97 Å². The third-order valence-electron chi connectivity index (χ3n) is 2.46. The molecular formula is C14H11N3O2. The van der Waals surface area contributed by atoms with Crippen molar-refractivity contribution >= 4 is 5.97 Å². The second-order valence-electron chi connectivity index (χ2n) is 3.67. The SMILES string of the molecule is CCOC(=O)c1ccc(-c2ncccn2)c(C#N)c1. The smallest absolute Gasteiger partial charge is 0.338 e. The minimum Gasteiger partial charge on any atom is -0.462 e. The Hall–Kier alpha value is -2.74. The van der Waals surface area contributed by atoms with Gasteiger partial charge in [0.2, 0.25) is 0 Å². The minimum atomic E-state index is -0.445. The number of nitriles is 1. The molecule has 1 aromatic heterocycles. The number of carbonyl (C=O) groups excluding carboxylic acids is 1. The van der Waals surface area contributed by atoms with Crippen molar-refractivity contribution in [2.75, 3.05) is 6.61 Å². The standard InChI is InChI=1S/C14H11N3O2/c1-2-19-14(18)10-4-5-12(11(8-10)9-15)13-16-6-3-7-17-13/h3-8H,2H2,1H3. The van der Waals surface area contributed by atoms with Crippen LogP contribution in [-0.2, 0) is 4.74 Å². The monoisotopic (exact) mass is 253 g/mol. The summed E-state index contributed by atoms with van der Waals surface area (Å²) in [6.07, 6.45) is 3.20. The Balaban J connectivity index is 2.44. The van der Waals surface area contributed by atoms with E-state index in [4.69, 9.17) is 10.00 Å². The van der Waals surface area contributed by atoms with E-state index in [1.807, 2.05) is 6.07 Å². The van der Waals surface area contributed by atoms with Gasteiger partial charge in [-0.1, -0.05) is 0 Å². The van der Waals surface area contributed by atoms with E-state index in [-0.39, 0.29) is 0 Å². The van der Waals surface area contributed by atoms with Crippen LogP contribution in [0, 0.1) is 11.3 Å². The van der Waals surface area contributed by atoms with Gasteiger partial charge in [-0.05, 0) is 31.2 Å². The Morgan fingerprint density at radius 2 is 2.11 bits per heavy atom. The number of nitrogens with zero attached hydrogens (tertiary/aromatic N) is 3. The van der Waals surface area contributed by atoms with E-state index < -0.39 is 5.97 Å². The third-order valence-corrected chi connectivity index (χ3v) is 2.46. The first-order valence-corrected chi connectivity index (χ1v) is 5.75. The molecule has 19 heavy (non-hydrogen) atoms. The number of aromatic nitrogens is 2. The minimum absolute atomic E-state index is 0.296. The molecule has 1 aromatic carbocycles. The molecule has 0 atom stereocenters. The maximum Gasteiger partial charge on any atom is 0.338 e. The molecule has 0 fully saturated rings. The number of rotatable bonds is 3. The second kappa shape index (κ2) is 5.74. The molecule has 0 aliphatic carbocycles. The van der Waals surface area contributed by atoms with E-state index in [9.17, 15) is 4.79 Å². The average molecular weight is 253 g/mol. The summed E-state index contributed by atoms with van der Waals surface area (Å²) < 4.78 is 4.89. The molecular weight excluding hydrogens is 242 g/mol. The van der Waals surface area contributed by atoms with Gasteiger partial charge in [0.25, 0.3) is 0 Å². The molecule has 0 unspecified atom stereocenters. The molecule has 94 valence electrons. The van der Waals surface area contributed by atoms with Gasteiger partial charge in [0.05, 0.1) is 23.8 Å². The molecule has 5 nitrogen and oxygen atoms in total. The van der Waals surface area contributed by atoms with Gasteiger partial charge in [0.15, 0.2) is 5.82 Å². The molecule has 0 aliphatic rings. The maximum absolute atomic E-state index is 11.6. The summed E-state index contributed by atoms with van der Waals surface area (Å²) in [5.74, 6) is 0.00832. The molecule has 0 saturated carbocycles. The van der Waals surface area contributed by atoms with Crippen molar-refractivity contribution in [1.29, 1.82) is 5.26 Å². The van der Waals surface area contributed by atoms with Gasteiger partial charge < -0.3 is 4.74 Å². The van der Waals surface area contributed by atoms with Crippen molar-refractivity contribution in [1.82, 2.24) is 9.97 Å². The zero-order chi connectivity index (χ0) is 13.7. The predicted molar refractivity (Wildman–Crippen MR) is 68.1 cm³/mol. The van der Waals surface area contributed by atoms with Crippen molar-refractivity contribution in [3.05, 3.63) is 47.8 Å². The quantitative estimate of drug-likeness (QED) is 0.784. The molecule has 0 aliphatic heterocycles. The van der Waals surface area contributed by atoms with Gasteiger partial charge in [-0.15, -0.1) is 0 Å². The number of hydrogen-bond acceptors (Lipinski definition) is 5. The second-order valence-corrected chi connectivity index (χ2v) is 3.67. The zero-order valence-electron chi connectivity index (χ0n) is 10.3. The molecule has 5 heteroatoms. The molecule has 0 N–H and O–H groups in total. The topological polar surface area (TPSA) is 75.9 Å². The zero-order valence-corrected chi connectivity index (χ0v) is 10.3. The fraction of sp³-hybridized carbons (Fsp3) is 0.143. The number of benzene rings is 1.